The van der Waals surface area contributed by atoms with Crippen LogP contribution in [0.25, 0.3) is 11.4 Å². The lowest BCUT2D eigenvalue weighted by molar-refractivity contribution is 0.0971. The minimum Gasteiger partial charge on any atom is -0.384 e. The summed E-state index contributed by atoms with van der Waals surface area (Å²) in [5.74, 6) is -1.21. The highest BCUT2D eigenvalue weighted by Gasteiger charge is 2.43. The maximum Gasteiger partial charge on any atom is 0.214 e. The lowest BCUT2D eigenvalue weighted by Gasteiger charge is -2.18. The molecule has 1 aliphatic carbocycles. The Morgan fingerprint density at radius 1 is 0.647 bits per heavy atom. The Balaban J connectivity index is 1.87. The van der Waals surface area contributed by atoms with Gasteiger partial charge in [-0.1, -0.05) is 35.4 Å². The largest absolute Gasteiger partial charge is 0.384 e. The molecule has 164 valence electrons. The second-order valence-corrected chi connectivity index (χ2v) is 8.19. The van der Waals surface area contributed by atoms with Crippen molar-refractivity contribution in [2.75, 3.05) is 11.5 Å². The second kappa shape index (κ2) is 7.22. The number of carbonyl (C=O) groups excluding carboxylic acids is 2. The van der Waals surface area contributed by atoms with Crippen LogP contribution in [0, 0.1) is 36.5 Å². The molecule has 0 unspecified atom stereocenters. The van der Waals surface area contributed by atoms with E-state index in [0.29, 0.717) is 11.4 Å². The van der Waals surface area contributed by atoms with E-state index in [1.807, 2.05) is 50.3 Å². The number of nitrogen functional groups attached to an aromatic ring is 2. The molecule has 2 aromatic heterocycles. The van der Waals surface area contributed by atoms with Crippen LogP contribution in [0.2, 0.25) is 0 Å². The van der Waals surface area contributed by atoms with E-state index in [1.54, 1.807) is 24.3 Å². The van der Waals surface area contributed by atoms with E-state index in [0.717, 1.165) is 11.1 Å². The number of rotatable bonds is 2. The van der Waals surface area contributed by atoms with Crippen molar-refractivity contribution < 1.29 is 9.59 Å². The van der Waals surface area contributed by atoms with Crippen LogP contribution in [0.15, 0.2) is 48.5 Å². The standard InChI is InChI=1S/C26H18N6O2/c1-13-3-7-15(8-4-13)31-21-19(17(11-27)25(31)29)24(34)22-20(23(21)33)18(12-28)26(30)32(22)16-9-5-14(2)6-10-16/h3-10H,29-30H2,1-2H3. The van der Waals surface area contributed by atoms with E-state index in [4.69, 9.17) is 11.5 Å². The van der Waals surface area contributed by atoms with Crippen molar-refractivity contribution in [3.8, 4) is 23.5 Å². The van der Waals surface area contributed by atoms with Crippen LogP contribution in [-0.4, -0.2) is 20.7 Å². The first-order valence-electron chi connectivity index (χ1n) is 10.4. The molecule has 1 aliphatic rings. The molecule has 0 aliphatic heterocycles. The zero-order chi connectivity index (χ0) is 24.3. The average molecular weight is 446 g/mol. The van der Waals surface area contributed by atoms with Crippen LogP contribution in [-0.2, 0) is 0 Å². The van der Waals surface area contributed by atoms with Crippen LogP contribution >= 0.6 is 0 Å². The Bertz CT molecular complexity index is 1500. The third kappa shape index (κ3) is 2.63. The first-order chi connectivity index (χ1) is 16.3. The predicted molar refractivity (Wildman–Crippen MR) is 126 cm³/mol. The molecule has 34 heavy (non-hydrogen) atoms. The van der Waals surface area contributed by atoms with Crippen LogP contribution in [0.4, 0.5) is 11.6 Å². The molecular formula is C26H18N6O2. The summed E-state index contributed by atoms with van der Waals surface area (Å²) >= 11 is 0. The third-order valence-electron chi connectivity index (χ3n) is 6.11. The quantitative estimate of drug-likeness (QED) is 0.424. The van der Waals surface area contributed by atoms with Gasteiger partial charge in [-0.05, 0) is 38.1 Å². The van der Waals surface area contributed by atoms with Gasteiger partial charge in [-0.15, -0.1) is 0 Å². The Hall–Kier alpha value is -5.08. The lowest BCUT2D eigenvalue weighted by atomic mass is 9.89. The molecule has 2 heterocycles. The fourth-order valence-electron chi connectivity index (χ4n) is 4.44. The summed E-state index contributed by atoms with van der Waals surface area (Å²) in [4.78, 5) is 27.7. The van der Waals surface area contributed by atoms with Gasteiger partial charge in [0.25, 0.3) is 0 Å². The van der Waals surface area contributed by atoms with Crippen LogP contribution in [0.3, 0.4) is 0 Å². The molecule has 0 amide bonds. The minimum atomic E-state index is -0.590. The number of fused-ring (bicyclic) bond motifs is 2. The number of hydrogen-bond acceptors (Lipinski definition) is 6. The summed E-state index contributed by atoms with van der Waals surface area (Å²) in [6.45, 7) is 3.82. The van der Waals surface area contributed by atoms with Crippen molar-refractivity contribution in [1.82, 2.24) is 9.13 Å². The minimum absolute atomic E-state index is 0.0171. The Morgan fingerprint density at radius 3 is 1.26 bits per heavy atom. The zero-order valence-corrected chi connectivity index (χ0v) is 18.4. The number of hydrogen-bond donors (Lipinski definition) is 2. The van der Waals surface area contributed by atoms with E-state index < -0.39 is 11.6 Å². The normalized spacial score (nSPS) is 12.1. The first-order valence-corrected chi connectivity index (χ1v) is 10.4. The van der Waals surface area contributed by atoms with Crippen molar-refractivity contribution in [3.63, 3.8) is 0 Å². The molecule has 0 atom stereocenters. The zero-order valence-electron chi connectivity index (χ0n) is 18.4. The molecule has 5 rings (SSSR count). The van der Waals surface area contributed by atoms with Gasteiger partial charge in [-0.25, -0.2) is 0 Å². The monoisotopic (exact) mass is 446 g/mol. The molecule has 8 nitrogen and oxygen atoms in total. The maximum absolute atomic E-state index is 13.9. The Kier molecular flexibility index (Phi) is 4.42. The van der Waals surface area contributed by atoms with Crippen molar-refractivity contribution in [2.24, 2.45) is 0 Å². The molecule has 4 aromatic rings. The van der Waals surface area contributed by atoms with Gasteiger partial charge in [0, 0.05) is 11.4 Å². The van der Waals surface area contributed by atoms with E-state index in [9.17, 15) is 20.1 Å². The second-order valence-electron chi connectivity index (χ2n) is 8.19. The predicted octanol–water partition coefficient (Wildman–Crippen LogP) is 3.57. The van der Waals surface area contributed by atoms with Gasteiger partial charge in [-0.2, -0.15) is 10.5 Å². The maximum atomic E-state index is 13.9. The highest BCUT2D eigenvalue weighted by Crippen LogP contribution is 2.41. The summed E-state index contributed by atoms with van der Waals surface area (Å²) in [5, 5.41) is 19.7. The number of aryl methyl sites for hydroxylation is 2. The van der Waals surface area contributed by atoms with E-state index in [-0.39, 0.29) is 45.3 Å². The molecule has 0 spiro atoms. The Morgan fingerprint density at radius 2 is 0.971 bits per heavy atom. The van der Waals surface area contributed by atoms with Crippen molar-refractivity contribution in [1.29, 1.82) is 10.5 Å². The van der Waals surface area contributed by atoms with Crippen LogP contribution in [0.1, 0.15) is 54.4 Å². The summed E-state index contributed by atoms with van der Waals surface area (Å²) in [6.07, 6.45) is 0. The molecule has 4 N–H and O–H groups in total. The molecule has 2 aromatic carbocycles. The first kappa shape index (κ1) is 20.8. The highest BCUT2D eigenvalue weighted by atomic mass is 16.1. The molecule has 0 fully saturated rings. The fraction of sp³-hybridized carbons (Fsp3) is 0.0769. The molecule has 0 bridgehead atoms. The lowest BCUT2D eigenvalue weighted by Crippen LogP contribution is -2.25. The van der Waals surface area contributed by atoms with Crippen LogP contribution in [0.5, 0.6) is 0 Å². The average Bonchev–Trinajstić information content (AvgIpc) is 3.30. The number of aromatic nitrogens is 2. The van der Waals surface area contributed by atoms with E-state index in [2.05, 4.69) is 0 Å². The molecule has 0 saturated heterocycles. The SMILES string of the molecule is Cc1ccc(-n2c(N)c(C#N)c3c2C(=O)c2c(C#N)c(N)n(-c4ccc(C)cc4)c2C3=O)cc1. The van der Waals surface area contributed by atoms with Crippen molar-refractivity contribution in [2.45, 2.75) is 13.8 Å². The summed E-state index contributed by atoms with van der Waals surface area (Å²) < 4.78 is 2.80. The highest BCUT2D eigenvalue weighted by molar-refractivity contribution is 6.30. The molecule has 0 radical (unpaired) electrons. The van der Waals surface area contributed by atoms with Gasteiger partial charge in [0.05, 0.1) is 11.1 Å². The van der Waals surface area contributed by atoms with Gasteiger partial charge < -0.3 is 11.5 Å². The van der Waals surface area contributed by atoms with E-state index >= 15 is 0 Å². The number of nitriles is 2. The Labute approximate surface area is 194 Å². The fourth-order valence-corrected chi connectivity index (χ4v) is 4.44. The number of nitrogens with two attached hydrogens (primary N) is 2. The number of carbonyl (C=O) groups is 2. The van der Waals surface area contributed by atoms with Crippen molar-refractivity contribution in [3.05, 3.63) is 93.3 Å². The number of benzene rings is 2. The topological polar surface area (TPSA) is 144 Å². The molecular weight excluding hydrogens is 428 g/mol. The summed E-state index contributed by atoms with van der Waals surface area (Å²) in [6, 6.07) is 18.3. The number of nitrogens with zero attached hydrogens (tertiary/aromatic N) is 4. The smallest absolute Gasteiger partial charge is 0.214 e. The van der Waals surface area contributed by atoms with Gasteiger partial charge in [-0.3, -0.25) is 18.7 Å². The van der Waals surface area contributed by atoms with Crippen LogP contribution < -0.4 is 11.5 Å². The van der Waals surface area contributed by atoms with Crippen molar-refractivity contribution >= 4 is 23.2 Å². The van der Waals surface area contributed by atoms with E-state index in [1.165, 1.54) is 9.13 Å². The van der Waals surface area contributed by atoms with Gasteiger partial charge in [0.2, 0.25) is 11.6 Å². The number of anilines is 2. The molecule has 8 heteroatoms. The third-order valence-corrected chi connectivity index (χ3v) is 6.11. The summed E-state index contributed by atoms with van der Waals surface area (Å²) in [7, 11) is 0. The molecule has 0 saturated carbocycles. The van der Waals surface area contributed by atoms with Gasteiger partial charge in [0.1, 0.15) is 46.3 Å². The van der Waals surface area contributed by atoms with Gasteiger partial charge in [0.15, 0.2) is 0 Å². The summed E-state index contributed by atoms with van der Waals surface area (Å²) in [5.41, 5.74) is 15.2. The van der Waals surface area contributed by atoms with Gasteiger partial charge >= 0.3 is 0 Å². The number of ketones is 2.